The first-order chi connectivity index (χ1) is 13.5. The number of nitrogens with zero attached hydrogens (tertiary/aromatic N) is 1. The molecule has 1 N–H and O–H groups in total. The molecule has 3 rings (SSSR count). The van der Waals surface area contributed by atoms with Crippen LogP contribution in [0.3, 0.4) is 0 Å². The third kappa shape index (κ3) is 4.76. The summed E-state index contributed by atoms with van der Waals surface area (Å²) < 4.78 is 5.16. The van der Waals surface area contributed by atoms with Gasteiger partial charge in [0, 0.05) is 10.6 Å². The number of anilines is 1. The van der Waals surface area contributed by atoms with E-state index in [0.717, 1.165) is 27.1 Å². The normalized spacial score (nSPS) is 15.2. The predicted octanol–water partition coefficient (Wildman–Crippen LogP) is 4.09. The van der Waals surface area contributed by atoms with Gasteiger partial charge in [0.1, 0.15) is 12.3 Å². The minimum absolute atomic E-state index is 0.274. The standard InChI is InChI=1S/C20H18N2O4S2/c1-26-15-7-3-5-13(9-15)10-17-19(24)22(20(25)28-17)12-18(23)21-14-6-4-8-16(11-14)27-2/h3-11H,12H2,1-2H3,(H,21,23)/b17-10+. The van der Waals surface area contributed by atoms with E-state index in [1.807, 2.05) is 30.5 Å². The summed E-state index contributed by atoms with van der Waals surface area (Å²) in [5, 5.41) is 2.26. The first-order valence-corrected chi connectivity index (χ1v) is 10.4. The van der Waals surface area contributed by atoms with E-state index in [1.165, 1.54) is 0 Å². The molecule has 28 heavy (non-hydrogen) atoms. The Morgan fingerprint density at radius 2 is 2.00 bits per heavy atom. The van der Waals surface area contributed by atoms with Gasteiger partial charge in [-0.1, -0.05) is 18.2 Å². The highest BCUT2D eigenvalue weighted by Crippen LogP contribution is 2.32. The Bertz CT molecular complexity index is 959. The van der Waals surface area contributed by atoms with Gasteiger partial charge >= 0.3 is 0 Å². The molecule has 1 aliphatic rings. The molecule has 1 saturated heterocycles. The molecule has 0 radical (unpaired) electrons. The van der Waals surface area contributed by atoms with Crippen molar-refractivity contribution >= 4 is 52.3 Å². The third-order valence-corrected chi connectivity index (χ3v) is 5.55. The second-order valence-corrected chi connectivity index (χ2v) is 7.70. The van der Waals surface area contributed by atoms with Crippen LogP contribution < -0.4 is 10.1 Å². The van der Waals surface area contributed by atoms with E-state index < -0.39 is 17.1 Å². The Hall–Kier alpha value is -2.71. The summed E-state index contributed by atoms with van der Waals surface area (Å²) in [6.07, 6.45) is 3.56. The van der Waals surface area contributed by atoms with Crippen molar-refractivity contribution in [1.82, 2.24) is 4.90 Å². The summed E-state index contributed by atoms with van der Waals surface area (Å²) in [7, 11) is 1.56. The van der Waals surface area contributed by atoms with Crippen molar-refractivity contribution in [3.05, 3.63) is 59.0 Å². The van der Waals surface area contributed by atoms with Gasteiger partial charge in [0.15, 0.2) is 0 Å². The highest BCUT2D eigenvalue weighted by atomic mass is 32.2. The molecule has 2 aromatic rings. The Kier molecular flexibility index (Phi) is 6.43. The fraction of sp³-hybridized carbons (Fsp3) is 0.150. The lowest BCUT2D eigenvalue weighted by Gasteiger charge is -2.12. The lowest BCUT2D eigenvalue weighted by molar-refractivity contribution is -0.127. The number of carbonyl (C=O) groups excluding carboxylic acids is 3. The van der Waals surface area contributed by atoms with Crippen LogP contribution in [0.25, 0.3) is 6.08 Å². The van der Waals surface area contributed by atoms with Crippen LogP contribution in [0.4, 0.5) is 10.5 Å². The molecular weight excluding hydrogens is 396 g/mol. The summed E-state index contributed by atoms with van der Waals surface area (Å²) in [5.74, 6) is -0.256. The molecule has 3 amide bonds. The fourth-order valence-corrected chi connectivity index (χ4v) is 3.86. The quantitative estimate of drug-likeness (QED) is 0.567. The molecule has 0 spiro atoms. The van der Waals surface area contributed by atoms with E-state index in [9.17, 15) is 14.4 Å². The average Bonchev–Trinajstić information content (AvgIpc) is 2.95. The highest BCUT2D eigenvalue weighted by molar-refractivity contribution is 8.18. The van der Waals surface area contributed by atoms with Crippen molar-refractivity contribution in [3.63, 3.8) is 0 Å². The largest absolute Gasteiger partial charge is 0.497 e. The molecule has 6 nitrogen and oxygen atoms in total. The summed E-state index contributed by atoms with van der Waals surface area (Å²) >= 11 is 2.38. The first-order valence-electron chi connectivity index (χ1n) is 8.33. The predicted molar refractivity (Wildman–Crippen MR) is 113 cm³/mol. The zero-order valence-electron chi connectivity index (χ0n) is 15.3. The van der Waals surface area contributed by atoms with Crippen molar-refractivity contribution in [2.24, 2.45) is 0 Å². The van der Waals surface area contributed by atoms with Crippen LogP contribution in [0.1, 0.15) is 5.56 Å². The number of methoxy groups -OCH3 is 1. The molecule has 1 heterocycles. The van der Waals surface area contributed by atoms with Crippen LogP contribution in [0, 0.1) is 0 Å². The number of hydrogen-bond acceptors (Lipinski definition) is 6. The summed E-state index contributed by atoms with van der Waals surface area (Å²) in [5.41, 5.74) is 1.36. The van der Waals surface area contributed by atoms with E-state index in [-0.39, 0.29) is 11.4 Å². The van der Waals surface area contributed by atoms with Gasteiger partial charge in [-0.05, 0) is 60.0 Å². The Morgan fingerprint density at radius 1 is 1.21 bits per heavy atom. The number of amides is 3. The topological polar surface area (TPSA) is 75.7 Å². The van der Waals surface area contributed by atoms with E-state index >= 15 is 0 Å². The van der Waals surface area contributed by atoms with Gasteiger partial charge < -0.3 is 10.1 Å². The van der Waals surface area contributed by atoms with Crippen molar-refractivity contribution in [1.29, 1.82) is 0 Å². The van der Waals surface area contributed by atoms with Crippen LogP contribution in [0.5, 0.6) is 5.75 Å². The van der Waals surface area contributed by atoms with Gasteiger partial charge in [0.05, 0.1) is 12.0 Å². The molecule has 0 saturated carbocycles. The second kappa shape index (κ2) is 8.99. The van der Waals surface area contributed by atoms with E-state index in [2.05, 4.69) is 5.32 Å². The van der Waals surface area contributed by atoms with Gasteiger partial charge in [-0.2, -0.15) is 0 Å². The van der Waals surface area contributed by atoms with Gasteiger partial charge in [-0.25, -0.2) is 0 Å². The van der Waals surface area contributed by atoms with Gasteiger partial charge in [-0.3, -0.25) is 19.3 Å². The second-order valence-electron chi connectivity index (χ2n) is 5.82. The molecule has 8 heteroatoms. The maximum absolute atomic E-state index is 12.6. The first kappa shape index (κ1) is 20.0. The van der Waals surface area contributed by atoms with Crippen LogP contribution in [-0.4, -0.2) is 41.9 Å². The Morgan fingerprint density at radius 3 is 2.75 bits per heavy atom. The number of nitrogens with one attached hydrogen (secondary N) is 1. The zero-order chi connectivity index (χ0) is 20.1. The number of benzene rings is 2. The number of rotatable bonds is 6. The third-order valence-electron chi connectivity index (χ3n) is 3.92. The van der Waals surface area contributed by atoms with Crippen LogP contribution in [-0.2, 0) is 9.59 Å². The maximum Gasteiger partial charge on any atom is 0.294 e. The molecular formula is C20H18N2O4S2. The molecule has 0 unspecified atom stereocenters. The number of ether oxygens (including phenoxy) is 1. The van der Waals surface area contributed by atoms with Gasteiger partial charge in [0.25, 0.3) is 11.1 Å². The lowest BCUT2D eigenvalue weighted by Crippen LogP contribution is -2.36. The molecule has 0 aromatic heterocycles. The van der Waals surface area contributed by atoms with Gasteiger partial charge in [-0.15, -0.1) is 11.8 Å². The zero-order valence-corrected chi connectivity index (χ0v) is 16.9. The van der Waals surface area contributed by atoms with Crippen molar-refractivity contribution in [2.45, 2.75) is 4.90 Å². The monoisotopic (exact) mass is 414 g/mol. The van der Waals surface area contributed by atoms with Crippen molar-refractivity contribution in [2.75, 3.05) is 25.2 Å². The molecule has 2 aromatic carbocycles. The number of thioether (sulfide) groups is 2. The summed E-state index contributed by atoms with van der Waals surface area (Å²) in [6.45, 7) is -0.330. The van der Waals surface area contributed by atoms with Crippen molar-refractivity contribution in [3.8, 4) is 5.75 Å². The minimum Gasteiger partial charge on any atom is -0.497 e. The maximum atomic E-state index is 12.6. The number of carbonyl (C=O) groups is 3. The number of hydrogen-bond donors (Lipinski definition) is 1. The van der Waals surface area contributed by atoms with E-state index in [4.69, 9.17) is 4.74 Å². The summed E-state index contributed by atoms with van der Waals surface area (Å²) in [6, 6.07) is 14.5. The molecule has 0 bridgehead atoms. The van der Waals surface area contributed by atoms with Crippen molar-refractivity contribution < 1.29 is 19.1 Å². The molecule has 1 aliphatic heterocycles. The lowest BCUT2D eigenvalue weighted by atomic mass is 10.2. The minimum atomic E-state index is -0.481. The fourth-order valence-electron chi connectivity index (χ4n) is 2.56. The SMILES string of the molecule is COc1cccc(/C=C2/SC(=O)N(CC(=O)Nc3cccc(SC)c3)C2=O)c1. The smallest absolute Gasteiger partial charge is 0.294 e. The molecule has 0 aliphatic carbocycles. The van der Waals surface area contributed by atoms with Crippen LogP contribution in [0.15, 0.2) is 58.3 Å². The molecule has 0 atom stereocenters. The summed E-state index contributed by atoms with van der Waals surface area (Å²) in [4.78, 5) is 39.3. The molecule has 144 valence electrons. The Balaban J connectivity index is 1.69. The highest BCUT2D eigenvalue weighted by Gasteiger charge is 2.36. The van der Waals surface area contributed by atoms with Crippen LogP contribution >= 0.6 is 23.5 Å². The Labute approximate surface area is 171 Å². The van der Waals surface area contributed by atoms with Crippen LogP contribution in [0.2, 0.25) is 0 Å². The van der Waals surface area contributed by atoms with Gasteiger partial charge in [0.2, 0.25) is 5.91 Å². The van der Waals surface area contributed by atoms with E-state index in [0.29, 0.717) is 11.4 Å². The average molecular weight is 415 g/mol. The number of imide groups is 1. The van der Waals surface area contributed by atoms with E-state index in [1.54, 1.807) is 49.2 Å². The molecule has 1 fully saturated rings.